The number of hydrogen-bond acceptors (Lipinski definition) is 11. The number of hydrogen-bond donors (Lipinski definition) is 4. The van der Waals surface area contributed by atoms with E-state index in [1.54, 1.807) is 0 Å². The van der Waals surface area contributed by atoms with Gasteiger partial charge in [-0.15, -0.1) is 0 Å². The van der Waals surface area contributed by atoms with Gasteiger partial charge in [0.15, 0.2) is 6.29 Å². The van der Waals surface area contributed by atoms with Gasteiger partial charge in [0.05, 0.1) is 19.8 Å². The van der Waals surface area contributed by atoms with Crippen molar-refractivity contribution in [2.24, 2.45) is 0 Å². The third-order valence-electron chi connectivity index (χ3n) is 10.7. The highest BCUT2D eigenvalue weighted by Gasteiger charge is 2.48. The maximum absolute atomic E-state index is 12.9. The van der Waals surface area contributed by atoms with Gasteiger partial charge >= 0.3 is 16.4 Å². The van der Waals surface area contributed by atoms with E-state index in [2.05, 4.69) is 115 Å². The summed E-state index contributed by atoms with van der Waals surface area (Å²) in [6, 6.07) is 0. The molecule has 6 unspecified atom stereocenters. The van der Waals surface area contributed by atoms with Gasteiger partial charge in [0.25, 0.3) is 0 Å². The van der Waals surface area contributed by atoms with Crippen LogP contribution in [0.4, 0.5) is 0 Å². The molecule has 378 valence electrons. The van der Waals surface area contributed by atoms with Gasteiger partial charge < -0.3 is 34.3 Å². The zero-order valence-corrected chi connectivity index (χ0v) is 41.3. The zero-order valence-electron chi connectivity index (χ0n) is 40.5. The molecule has 1 saturated heterocycles. The Morgan fingerprint density at radius 3 is 1.45 bits per heavy atom. The molecule has 0 bridgehead atoms. The van der Waals surface area contributed by atoms with Gasteiger partial charge in [0.2, 0.25) is 0 Å². The number of ether oxygens (including phenoxy) is 4. The molecule has 1 rings (SSSR count). The van der Waals surface area contributed by atoms with E-state index in [4.69, 9.17) is 18.9 Å². The molecule has 12 nitrogen and oxygen atoms in total. The Hall–Kier alpha value is -2.98. The van der Waals surface area contributed by atoms with E-state index in [0.717, 1.165) is 116 Å². The SMILES string of the molecule is CC/C=C\C/C=C\C/C=C\C/C=C\C/C=C\CCCCCCCCCCOCC(COC1OC(CO)C(O)C(OS(=O)(=O)O)C1O)OC(=O)CCCCCCC/C=C\C/C=C\C/C=C\CC. The third-order valence-corrected chi connectivity index (χ3v) is 11.2. The highest BCUT2D eigenvalue weighted by Crippen LogP contribution is 2.26. The topological polar surface area (TPSA) is 178 Å². The molecule has 0 radical (unpaired) electrons. The van der Waals surface area contributed by atoms with E-state index in [0.29, 0.717) is 13.0 Å². The van der Waals surface area contributed by atoms with Crippen molar-refractivity contribution in [3.8, 4) is 0 Å². The standard InChI is InChI=1S/C53H88O12S/c1-3-5-7-9-11-13-15-17-19-20-21-22-23-24-25-26-27-29-31-33-35-37-39-41-43-61-45-47(46-62-53-51(57)52(65-66(58,59)60)50(56)48(44-54)64-53)63-49(55)42-40-38-36-34-32-30-28-18-16-14-12-10-8-6-4-2/h5-8,11-14,17-19,21-22,24-25,28,47-48,50-54,56-57H,3-4,9-10,15-16,20,23,26-27,29-46H2,1-2H3,(H,58,59,60)/b7-5-,8-6-,13-11-,14-12-,19-17-,22-21-,25-24-,28-18-. The number of unbranched alkanes of at least 4 members (excludes halogenated alkanes) is 13. The largest absolute Gasteiger partial charge is 0.457 e. The van der Waals surface area contributed by atoms with Crippen molar-refractivity contribution in [3.05, 3.63) is 97.2 Å². The number of esters is 1. The second-order valence-corrected chi connectivity index (χ2v) is 17.7. The summed E-state index contributed by atoms with van der Waals surface area (Å²) >= 11 is 0. The normalized spacial score (nSPS) is 20.4. The molecule has 0 aromatic heterocycles. The van der Waals surface area contributed by atoms with Crippen LogP contribution >= 0.6 is 0 Å². The fourth-order valence-electron chi connectivity index (χ4n) is 7.01. The maximum atomic E-state index is 12.9. The lowest BCUT2D eigenvalue weighted by Gasteiger charge is -2.41. The zero-order chi connectivity index (χ0) is 48.2. The molecular formula is C53H88O12S. The second-order valence-electron chi connectivity index (χ2n) is 16.6. The van der Waals surface area contributed by atoms with Crippen molar-refractivity contribution in [2.75, 3.05) is 26.4 Å². The smallest absolute Gasteiger partial charge is 0.397 e. The summed E-state index contributed by atoms with van der Waals surface area (Å²) in [7, 11) is -5.07. The van der Waals surface area contributed by atoms with E-state index >= 15 is 0 Å². The summed E-state index contributed by atoms with van der Waals surface area (Å²) in [6.45, 7) is 3.70. The van der Waals surface area contributed by atoms with Gasteiger partial charge in [-0.05, 0) is 89.9 Å². The minimum absolute atomic E-state index is 0.0165. The molecule has 0 amide bonds. The highest BCUT2D eigenvalue weighted by molar-refractivity contribution is 7.80. The van der Waals surface area contributed by atoms with E-state index in [1.165, 1.54) is 25.7 Å². The molecule has 1 fully saturated rings. The van der Waals surface area contributed by atoms with Crippen LogP contribution < -0.4 is 0 Å². The Kier molecular flexibility index (Phi) is 40.1. The minimum atomic E-state index is -5.07. The molecule has 0 spiro atoms. The van der Waals surface area contributed by atoms with E-state index in [9.17, 15) is 33.1 Å². The molecule has 0 aromatic rings. The Balaban J connectivity index is 2.37. The van der Waals surface area contributed by atoms with Crippen LogP contribution in [-0.4, -0.2) is 97.5 Å². The van der Waals surface area contributed by atoms with Crippen LogP contribution in [0.5, 0.6) is 0 Å². The minimum Gasteiger partial charge on any atom is -0.457 e. The lowest BCUT2D eigenvalue weighted by molar-refractivity contribution is -0.301. The molecule has 6 atom stereocenters. The average Bonchev–Trinajstić information content (AvgIpc) is 3.29. The fraction of sp³-hybridized carbons (Fsp3) is 0.679. The van der Waals surface area contributed by atoms with Gasteiger partial charge in [-0.2, -0.15) is 8.42 Å². The fourth-order valence-corrected chi connectivity index (χ4v) is 7.52. The van der Waals surface area contributed by atoms with Crippen molar-refractivity contribution in [1.29, 1.82) is 0 Å². The van der Waals surface area contributed by atoms with Crippen LogP contribution in [0, 0.1) is 0 Å². The monoisotopic (exact) mass is 949 g/mol. The summed E-state index contributed by atoms with van der Waals surface area (Å²) in [5, 5.41) is 30.7. The van der Waals surface area contributed by atoms with E-state index < -0.39 is 59.8 Å². The number of aliphatic hydroxyl groups excluding tert-OH is 3. The van der Waals surface area contributed by atoms with Crippen LogP contribution in [0.3, 0.4) is 0 Å². The Morgan fingerprint density at radius 2 is 1.00 bits per heavy atom. The van der Waals surface area contributed by atoms with Gasteiger partial charge in [-0.1, -0.05) is 169 Å². The van der Waals surface area contributed by atoms with Crippen molar-refractivity contribution >= 4 is 16.4 Å². The van der Waals surface area contributed by atoms with Gasteiger partial charge in [-0.25, -0.2) is 4.18 Å². The summed E-state index contributed by atoms with van der Waals surface area (Å²) in [4.78, 5) is 12.9. The molecule has 13 heteroatoms. The number of rotatable bonds is 42. The molecule has 66 heavy (non-hydrogen) atoms. The summed E-state index contributed by atoms with van der Waals surface area (Å²) in [5.41, 5.74) is 0. The number of aliphatic hydroxyl groups is 3. The van der Waals surface area contributed by atoms with Crippen LogP contribution in [-0.2, 0) is 38.3 Å². The Bertz CT molecular complexity index is 1520. The molecule has 0 aromatic carbocycles. The Labute approximate surface area is 399 Å². The molecule has 1 aliphatic heterocycles. The molecule has 4 N–H and O–H groups in total. The summed E-state index contributed by atoms with van der Waals surface area (Å²) in [5.74, 6) is -0.424. The van der Waals surface area contributed by atoms with Crippen LogP contribution in [0.15, 0.2) is 97.2 Å². The highest BCUT2D eigenvalue weighted by atomic mass is 32.3. The first-order valence-corrected chi connectivity index (χ1v) is 26.4. The molecule has 1 aliphatic rings. The lowest BCUT2D eigenvalue weighted by Crippen LogP contribution is -2.60. The number of allylic oxidation sites excluding steroid dienone is 16. The lowest BCUT2D eigenvalue weighted by atomic mass is 9.99. The first-order valence-electron chi connectivity index (χ1n) is 25.0. The van der Waals surface area contributed by atoms with Crippen molar-refractivity contribution in [1.82, 2.24) is 0 Å². The first kappa shape index (κ1) is 61.0. The van der Waals surface area contributed by atoms with Gasteiger partial charge in [0.1, 0.15) is 30.5 Å². The summed E-state index contributed by atoms with van der Waals surface area (Å²) in [6.07, 6.45) is 50.1. The summed E-state index contributed by atoms with van der Waals surface area (Å²) < 4.78 is 59.2. The Morgan fingerprint density at radius 1 is 0.576 bits per heavy atom. The maximum Gasteiger partial charge on any atom is 0.397 e. The average molecular weight is 949 g/mol. The second kappa shape index (κ2) is 43.3. The first-order chi connectivity index (χ1) is 32.1. The third kappa shape index (κ3) is 36.1. The number of carbonyl (C=O) groups is 1. The van der Waals surface area contributed by atoms with Gasteiger partial charge in [0, 0.05) is 13.0 Å². The van der Waals surface area contributed by atoms with Crippen LogP contribution in [0.1, 0.15) is 168 Å². The quantitative estimate of drug-likeness (QED) is 0.0197. The van der Waals surface area contributed by atoms with Crippen molar-refractivity contribution in [2.45, 2.75) is 205 Å². The molecular weight excluding hydrogens is 861 g/mol. The van der Waals surface area contributed by atoms with Crippen LogP contribution in [0.25, 0.3) is 0 Å². The predicted molar refractivity (Wildman–Crippen MR) is 266 cm³/mol. The van der Waals surface area contributed by atoms with E-state index in [-0.39, 0.29) is 19.6 Å². The van der Waals surface area contributed by atoms with E-state index in [1.807, 2.05) is 0 Å². The molecule has 1 heterocycles. The van der Waals surface area contributed by atoms with Crippen molar-refractivity contribution < 1.29 is 56.2 Å². The van der Waals surface area contributed by atoms with Gasteiger partial charge in [-0.3, -0.25) is 9.35 Å². The van der Waals surface area contributed by atoms with Crippen LogP contribution in [0.2, 0.25) is 0 Å². The predicted octanol–water partition coefficient (Wildman–Crippen LogP) is 11.4. The molecule has 0 saturated carbocycles. The molecule has 0 aliphatic carbocycles. The number of carbonyl (C=O) groups excluding carboxylic acids is 1. The van der Waals surface area contributed by atoms with Crippen molar-refractivity contribution in [3.63, 3.8) is 0 Å².